The van der Waals surface area contributed by atoms with E-state index in [1.807, 2.05) is 37.3 Å². The van der Waals surface area contributed by atoms with Crippen LogP contribution in [0.4, 0.5) is 10.2 Å². The number of anilines is 1. The summed E-state index contributed by atoms with van der Waals surface area (Å²) < 4.78 is 22.6. The second-order valence-corrected chi connectivity index (χ2v) is 12.3. The van der Waals surface area contributed by atoms with Crippen molar-refractivity contribution in [1.29, 1.82) is 0 Å². The van der Waals surface area contributed by atoms with Gasteiger partial charge in [0.25, 0.3) is 0 Å². The van der Waals surface area contributed by atoms with E-state index in [0.717, 1.165) is 35.3 Å². The summed E-state index contributed by atoms with van der Waals surface area (Å²) in [4.78, 5) is 28.4. The molecule has 0 saturated carbocycles. The minimum absolute atomic E-state index is 0.00378. The van der Waals surface area contributed by atoms with E-state index in [1.54, 1.807) is 16.8 Å². The number of halogens is 1. The maximum Gasteiger partial charge on any atom is 0.240 e. The Labute approximate surface area is 233 Å². The molecule has 0 aliphatic carbocycles. The topological polar surface area (TPSA) is 76.5 Å². The second-order valence-electron chi connectivity index (χ2n) is 11.2. The number of amides is 2. The highest BCUT2D eigenvalue weighted by atomic mass is 32.2. The van der Waals surface area contributed by atoms with Crippen molar-refractivity contribution in [3.05, 3.63) is 76.7 Å². The molecule has 5 rings (SSSR count). The molecule has 1 aromatic heterocycles. The van der Waals surface area contributed by atoms with E-state index in [1.165, 1.54) is 22.7 Å². The van der Waals surface area contributed by atoms with Crippen molar-refractivity contribution in [2.24, 2.45) is 0 Å². The first-order valence-corrected chi connectivity index (χ1v) is 14.4. The van der Waals surface area contributed by atoms with Gasteiger partial charge in [0.05, 0.1) is 28.5 Å². The van der Waals surface area contributed by atoms with Gasteiger partial charge < -0.3 is 10.1 Å². The zero-order valence-electron chi connectivity index (χ0n) is 22.9. The number of nitrogens with zero attached hydrogens (tertiary/aromatic N) is 3. The highest BCUT2D eigenvalue weighted by molar-refractivity contribution is 8.00. The van der Waals surface area contributed by atoms with E-state index in [2.05, 4.69) is 26.1 Å². The number of carbonyl (C=O) groups is 2. The van der Waals surface area contributed by atoms with Crippen LogP contribution in [0.1, 0.15) is 61.2 Å². The number of carbonyl (C=O) groups excluding carboxylic acids is 2. The minimum Gasteiger partial charge on any atom is -0.376 e. The Bertz CT molecular complexity index is 1360. The lowest BCUT2D eigenvalue weighted by Crippen LogP contribution is -2.44. The summed E-state index contributed by atoms with van der Waals surface area (Å²) >= 11 is 1.37. The van der Waals surface area contributed by atoms with Crippen LogP contribution in [-0.4, -0.2) is 53.1 Å². The third kappa shape index (κ3) is 5.75. The molecule has 3 aromatic rings. The molecule has 39 heavy (non-hydrogen) atoms. The standard InChI is InChI=1S/C30H35FN4O3S/c1-19-11-13-20(14-12-19)35-29-26(28(33-35)30(2,3)4)27(22-9-5-6-10-23(22)31)39-18-25(37)34(29)17-24(36)32-16-21-8-7-15-38-21/h5-6,9-14,21,27H,7-8,15-18H2,1-4H3,(H,32,36)/t21-,27+/m1/s1. The van der Waals surface area contributed by atoms with Gasteiger partial charge in [-0.05, 0) is 38.0 Å². The van der Waals surface area contributed by atoms with E-state index in [9.17, 15) is 9.59 Å². The van der Waals surface area contributed by atoms with Gasteiger partial charge in [0, 0.05) is 29.7 Å². The van der Waals surface area contributed by atoms with Crippen LogP contribution in [-0.2, 0) is 19.7 Å². The molecule has 0 radical (unpaired) electrons. The predicted molar refractivity (Wildman–Crippen MR) is 152 cm³/mol. The van der Waals surface area contributed by atoms with E-state index in [-0.39, 0.29) is 36.0 Å². The predicted octanol–water partition coefficient (Wildman–Crippen LogP) is 5.08. The monoisotopic (exact) mass is 550 g/mol. The van der Waals surface area contributed by atoms with Gasteiger partial charge in [-0.2, -0.15) is 5.10 Å². The number of ether oxygens (including phenoxy) is 1. The molecule has 2 amide bonds. The van der Waals surface area contributed by atoms with Gasteiger partial charge >= 0.3 is 0 Å². The Kier molecular flexibility index (Phi) is 7.82. The number of rotatable bonds is 6. The fraction of sp³-hybridized carbons (Fsp3) is 0.433. The van der Waals surface area contributed by atoms with Crippen molar-refractivity contribution >= 4 is 29.4 Å². The molecule has 2 aromatic carbocycles. The number of fused-ring (bicyclic) bond motifs is 1. The number of aromatic nitrogens is 2. The molecule has 3 heterocycles. The Morgan fingerprint density at radius 1 is 1.18 bits per heavy atom. The van der Waals surface area contributed by atoms with Gasteiger partial charge in [0.2, 0.25) is 11.8 Å². The number of nitrogens with one attached hydrogen (secondary N) is 1. The van der Waals surface area contributed by atoms with Gasteiger partial charge in [0.15, 0.2) is 0 Å². The van der Waals surface area contributed by atoms with Crippen LogP contribution in [0.3, 0.4) is 0 Å². The maximum absolute atomic E-state index is 15.2. The van der Waals surface area contributed by atoms with Gasteiger partial charge in [-0.1, -0.05) is 56.7 Å². The normalized spacial score (nSPS) is 19.6. The Balaban J connectivity index is 1.66. The zero-order chi connectivity index (χ0) is 27.7. The molecule has 9 heteroatoms. The van der Waals surface area contributed by atoms with Crippen molar-refractivity contribution in [1.82, 2.24) is 15.1 Å². The summed E-state index contributed by atoms with van der Waals surface area (Å²) in [5.41, 5.74) is 3.47. The van der Waals surface area contributed by atoms with Crippen LogP contribution in [0.2, 0.25) is 0 Å². The van der Waals surface area contributed by atoms with Crippen molar-refractivity contribution in [3.63, 3.8) is 0 Å². The number of hydrogen-bond donors (Lipinski definition) is 1. The molecular weight excluding hydrogens is 515 g/mol. The first-order chi connectivity index (χ1) is 18.6. The van der Waals surface area contributed by atoms with Crippen molar-refractivity contribution in [2.75, 3.05) is 30.3 Å². The van der Waals surface area contributed by atoms with Crippen LogP contribution in [0.15, 0.2) is 48.5 Å². The van der Waals surface area contributed by atoms with E-state index in [0.29, 0.717) is 24.5 Å². The molecular formula is C30H35FN4O3S. The summed E-state index contributed by atoms with van der Waals surface area (Å²) in [6.45, 7) is 9.13. The largest absolute Gasteiger partial charge is 0.376 e. The van der Waals surface area contributed by atoms with Crippen LogP contribution in [0.25, 0.3) is 5.69 Å². The highest BCUT2D eigenvalue weighted by Gasteiger charge is 2.40. The number of thioether (sulfide) groups is 1. The van der Waals surface area contributed by atoms with Crippen LogP contribution in [0, 0.1) is 12.7 Å². The molecule has 7 nitrogen and oxygen atoms in total. The maximum atomic E-state index is 15.2. The first kappa shape index (κ1) is 27.4. The van der Waals surface area contributed by atoms with Crippen LogP contribution in [0.5, 0.6) is 0 Å². The number of benzene rings is 2. The summed E-state index contributed by atoms with van der Waals surface area (Å²) in [5, 5.41) is 7.52. The Hall–Kier alpha value is -3.17. The smallest absolute Gasteiger partial charge is 0.240 e. The molecule has 1 fully saturated rings. The molecule has 2 aliphatic rings. The first-order valence-electron chi connectivity index (χ1n) is 13.4. The molecule has 1 saturated heterocycles. The van der Waals surface area contributed by atoms with Gasteiger partial charge in [-0.3, -0.25) is 14.5 Å². The molecule has 0 unspecified atom stereocenters. The number of aryl methyl sites for hydroxylation is 1. The van der Waals surface area contributed by atoms with Gasteiger partial charge in [-0.25, -0.2) is 9.07 Å². The lowest BCUT2D eigenvalue weighted by Gasteiger charge is -2.25. The van der Waals surface area contributed by atoms with E-state index < -0.39 is 10.7 Å². The Morgan fingerprint density at radius 2 is 1.92 bits per heavy atom. The molecule has 0 spiro atoms. The lowest BCUT2D eigenvalue weighted by atomic mass is 9.87. The van der Waals surface area contributed by atoms with Crippen molar-refractivity contribution in [3.8, 4) is 5.69 Å². The Morgan fingerprint density at radius 3 is 2.59 bits per heavy atom. The summed E-state index contributed by atoms with van der Waals surface area (Å²) in [5.74, 6) is -0.211. The molecule has 1 N–H and O–H groups in total. The van der Waals surface area contributed by atoms with Gasteiger partial charge in [0.1, 0.15) is 18.2 Å². The van der Waals surface area contributed by atoms with Crippen LogP contribution < -0.4 is 10.2 Å². The van der Waals surface area contributed by atoms with E-state index >= 15 is 4.39 Å². The van der Waals surface area contributed by atoms with Gasteiger partial charge in [-0.15, -0.1) is 11.8 Å². The molecule has 2 atom stereocenters. The summed E-state index contributed by atoms with van der Waals surface area (Å²) in [6, 6.07) is 14.6. The third-order valence-electron chi connectivity index (χ3n) is 7.12. The van der Waals surface area contributed by atoms with Crippen molar-refractivity contribution < 1.29 is 18.7 Å². The third-order valence-corrected chi connectivity index (χ3v) is 8.35. The summed E-state index contributed by atoms with van der Waals surface area (Å²) in [7, 11) is 0. The highest BCUT2D eigenvalue weighted by Crippen LogP contribution is 2.48. The quantitative estimate of drug-likeness (QED) is 0.463. The lowest BCUT2D eigenvalue weighted by molar-refractivity contribution is -0.123. The number of hydrogen-bond acceptors (Lipinski definition) is 5. The molecule has 0 bridgehead atoms. The zero-order valence-corrected chi connectivity index (χ0v) is 23.7. The second kappa shape index (κ2) is 11.1. The average Bonchev–Trinajstić information content (AvgIpc) is 3.53. The molecule has 2 aliphatic heterocycles. The SMILES string of the molecule is Cc1ccc(-n2nc(C(C)(C)C)c3c2N(CC(=O)NC[C@H]2CCCO2)C(=O)CS[C@H]3c2ccccc2F)cc1. The molecule has 206 valence electrons. The van der Waals surface area contributed by atoms with E-state index in [4.69, 9.17) is 9.84 Å². The fourth-order valence-corrected chi connectivity index (χ4v) is 6.32. The summed E-state index contributed by atoms with van der Waals surface area (Å²) in [6.07, 6.45) is 1.88. The fourth-order valence-electron chi connectivity index (χ4n) is 5.10. The average molecular weight is 551 g/mol. The van der Waals surface area contributed by atoms with Crippen LogP contribution >= 0.6 is 11.8 Å². The minimum atomic E-state index is -0.474. The van der Waals surface area contributed by atoms with Crippen molar-refractivity contribution in [2.45, 2.75) is 57.3 Å².